The van der Waals surface area contributed by atoms with Gasteiger partial charge in [-0.2, -0.15) is 26.3 Å². The van der Waals surface area contributed by atoms with Crippen LogP contribution in [0, 0.1) is 0 Å². The zero-order chi connectivity index (χ0) is 18.8. The molecule has 0 bridgehead atoms. The van der Waals surface area contributed by atoms with Crippen molar-refractivity contribution >= 4 is 5.57 Å². The minimum absolute atomic E-state index is 0.103. The normalized spacial score (nSPS) is 13.2. The lowest BCUT2D eigenvalue weighted by molar-refractivity contribution is -0.143. The molecule has 2 aromatic carbocycles. The molecule has 0 atom stereocenters. The Labute approximate surface area is 140 Å². The van der Waals surface area contributed by atoms with E-state index in [2.05, 4.69) is 0 Å². The van der Waals surface area contributed by atoms with Crippen LogP contribution < -0.4 is 0 Å². The van der Waals surface area contributed by atoms with E-state index in [0.29, 0.717) is 17.7 Å². The van der Waals surface area contributed by atoms with E-state index in [-0.39, 0.29) is 23.8 Å². The molecule has 0 aliphatic heterocycles. The van der Waals surface area contributed by atoms with Crippen molar-refractivity contribution in [1.82, 2.24) is 0 Å². The van der Waals surface area contributed by atoms with Crippen LogP contribution in [0.4, 0.5) is 26.3 Å². The Kier molecular flexibility index (Phi) is 5.27. The van der Waals surface area contributed by atoms with E-state index in [4.69, 9.17) is 5.11 Å². The predicted molar refractivity (Wildman–Crippen MR) is 82.6 cm³/mol. The summed E-state index contributed by atoms with van der Waals surface area (Å²) in [5, 5.41) is 8.85. The second-order valence-electron chi connectivity index (χ2n) is 5.44. The highest BCUT2D eigenvalue weighted by atomic mass is 19.4. The molecule has 2 aromatic rings. The highest BCUT2D eigenvalue weighted by molar-refractivity contribution is 5.70. The summed E-state index contributed by atoms with van der Waals surface area (Å²) in [6.07, 6.45) is -8.21. The van der Waals surface area contributed by atoms with Crippen LogP contribution in [0.15, 0.2) is 48.5 Å². The Hall–Kier alpha value is -2.28. The molecule has 0 heterocycles. The monoisotopic (exact) mass is 360 g/mol. The lowest BCUT2D eigenvalue weighted by Gasteiger charge is -2.14. The smallest absolute Gasteiger partial charge is 0.392 e. The van der Waals surface area contributed by atoms with Gasteiger partial charge >= 0.3 is 12.4 Å². The number of allylic oxidation sites excluding steroid dienone is 1. The average molecular weight is 360 g/mol. The van der Waals surface area contributed by atoms with Gasteiger partial charge in [0.15, 0.2) is 0 Å². The van der Waals surface area contributed by atoms with E-state index in [1.165, 1.54) is 12.1 Å². The lowest BCUT2D eigenvalue weighted by atomic mass is 9.97. The summed E-state index contributed by atoms with van der Waals surface area (Å²) in [6, 6.07) is 7.53. The fourth-order valence-corrected chi connectivity index (χ4v) is 2.30. The van der Waals surface area contributed by atoms with Crippen LogP contribution in [0.25, 0.3) is 16.7 Å². The molecule has 0 radical (unpaired) electrons. The fraction of sp³-hybridized carbons (Fsp3) is 0.222. The summed E-state index contributed by atoms with van der Waals surface area (Å²) < 4.78 is 77.4. The average Bonchev–Trinajstić information content (AvgIpc) is 2.53. The van der Waals surface area contributed by atoms with Gasteiger partial charge in [-0.15, -0.1) is 0 Å². The fourth-order valence-electron chi connectivity index (χ4n) is 2.30. The molecule has 0 unspecified atom stereocenters. The molecule has 134 valence electrons. The first kappa shape index (κ1) is 19.1. The van der Waals surface area contributed by atoms with Gasteiger partial charge in [0, 0.05) is 0 Å². The van der Waals surface area contributed by atoms with Gasteiger partial charge in [0.2, 0.25) is 0 Å². The van der Waals surface area contributed by atoms with Crippen molar-refractivity contribution in [3.8, 4) is 11.1 Å². The number of hydrogen-bond donors (Lipinski definition) is 1. The van der Waals surface area contributed by atoms with E-state index in [9.17, 15) is 26.3 Å². The van der Waals surface area contributed by atoms with Crippen LogP contribution in [0.3, 0.4) is 0 Å². The van der Waals surface area contributed by atoms with Crippen LogP contribution in [0.2, 0.25) is 0 Å². The number of hydrogen-bond acceptors (Lipinski definition) is 1. The maximum Gasteiger partial charge on any atom is 0.416 e. The highest BCUT2D eigenvalue weighted by Crippen LogP contribution is 2.38. The summed E-state index contributed by atoms with van der Waals surface area (Å²) in [5.74, 6) is 0. The molecule has 0 aliphatic rings. The Morgan fingerprint density at radius 1 is 0.840 bits per heavy atom. The van der Waals surface area contributed by atoms with Crippen molar-refractivity contribution in [3.05, 3.63) is 65.2 Å². The van der Waals surface area contributed by atoms with Gasteiger partial charge < -0.3 is 5.11 Å². The van der Waals surface area contributed by atoms with Crippen LogP contribution in [0.5, 0.6) is 0 Å². The van der Waals surface area contributed by atoms with E-state index in [1.807, 2.05) is 0 Å². The summed E-state index contributed by atoms with van der Waals surface area (Å²) in [7, 11) is 0. The number of aliphatic hydroxyl groups is 1. The van der Waals surface area contributed by atoms with Gasteiger partial charge in [0.25, 0.3) is 0 Å². The zero-order valence-corrected chi connectivity index (χ0v) is 13.0. The molecule has 0 aromatic heterocycles. The minimum Gasteiger partial charge on any atom is -0.392 e. The lowest BCUT2D eigenvalue weighted by Crippen LogP contribution is -2.11. The van der Waals surface area contributed by atoms with Crippen molar-refractivity contribution < 1.29 is 31.4 Å². The van der Waals surface area contributed by atoms with Gasteiger partial charge in [-0.25, -0.2) is 0 Å². The Balaban J connectivity index is 2.53. The SMILES string of the molecule is CC(=CCO)c1ccc(-c2cc(C(F)(F)F)cc(C(F)(F)F)c2)cc1. The van der Waals surface area contributed by atoms with E-state index in [1.54, 1.807) is 25.1 Å². The molecule has 0 spiro atoms. The topological polar surface area (TPSA) is 20.2 Å². The Bertz CT molecular complexity index is 737. The van der Waals surface area contributed by atoms with Gasteiger partial charge in [-0.1, -0.05) is 30.3 Å². The maximum atomic E-state index is 12.9. The zero-order valence-electron chi connectivity index (χ0n) is 13.0. The van der Waals surface area contributed by atoms with Gasteiger partial charge in [-0.3, -0.25) is 0 Å². The first-order chi connectivity index (χ1) is 11.5. The molecular weight excluding hydrogens is 346 g/mol. The molecule has 1 nitrogen and oxygen atoms in total. The molecule has 0 saturated heterocycles. The first-order valence-corrected chi connectivity index (χ1v) is 7.20. The Morgan fingerprint density at radius 3 is 1.72 bits per heavy atom. The molecule has 0 aliphatic carbocycles. The summed E-state index contributed by atoms with van der Waals surface area (Å²) >= 11 is 0. The number of alkyl halides is 6. The largest absolute Gasteiger partial charge is 0.416 e. The van der Waals surface area contributed by atoms with Gasteiger partial charge in [0.05, 0.1) is 17.7 Å². The van der Waals surface area contributed by atoms with Gasteiger partial charge in [0.1, 0.15) is 0 Å². The second-order valence-corrected chi connectivity index (χ2v) is 5.44. The van der Waals surface area contributed by atoms with Crippen LogP contribution in [-0.2, 0) is 12.4 Å². The molecule has 1 N–H and O–H groups in total. The Morgan fingerprint density at radius 2 is 1.32 bits per heavy atom. The van der Waals surface area contributed by atoms with Crippen molar-refractivity contribution in [3.63, 3.8) is 0 Å². The molecule has 2 rings (SSSR count). The van der Waals surface area contributed by atoms with Crippen molar-refractivity contribution in [1.29, 1.82) is 0 Å². The molecule has 0 saturated carbocycles. The van der Waals surface area contributed by atoms with E-state index < -0.39 is 23.5 Å². The third-order valence-electron chi connectivity index (χ3n) is 3.66. The quantitative estimate of drug-likeness (QED) is 0.687. The van der Waals surface area contributed by atoms with Crippen molar-refractivity contribution in [2.75, 3.05) is 6.61 Å². The number of benzene rings is 2. The second kappa shape index (κ2) is 6.92. The summed E-state index contributed by atoms with van der Waals surface area (Å²) in [6.45, 7) is 1.56. The van der Waals surface area contributed by atoms with Crippen LogP contribution in [0.1, 0.15) is 23.6 Å². The molecule has 25 heavy (non-hydrogen) atoms. The van der Waals surface area contributed by atoms with Crippen LogP contribution >= 0.6 is 0 Å². The van der Waals surface area contributed by atoms with Gasteiger partial charge in [-0.05, 0) is 47.4 Å². The van der Waals surface area contributed by atoms with E-state index in [0.717, 1.165) is 5.57 Å². The standard InChI is InChI=1S/C18H14F6O/c1-11(6-7-25)12-2-4-13(5-3-12)14-8-15(17(19,20)21)10-16(9-14)18(22,23)24/h2-6,8-10,25H,7H2,1H3. The molecule has 0 amide bonds. The summed E-state index contributed by atoms with van der Waals surface area (Å²) in [5.41, 5.74) is -1.18. The number of halogens is 6. The number of rotatable bonds is 3. The predicted octanol–water partition coefficient (Wildman–Crippen LogP) is 5.79. The highest BCUT2D eigenvalue weighted by Gasteiger charge is 2.36. The molecular formula is C18H14F6O. The van der Waals surface area contributed by atoms with Crippen molar-refractivity contribution in [2.45, 2.75) is 19.3 Å². The summed E-state index contributed by atoms with van der Waals surface area (Å²) in [4.78, 5) is 0. The maximum absolute atomic E-state index is 12.9. The van der Waals surface area contributed by atoms with E-state index >= 15 is 0 Å². The third kappa shape index (κ3) is 4.63. The molecule has 7 heteroatoms. The third-order valence-corrected chi connectivity index (χ3v) is 3.66. The van der Waals surface area contributed by atoms with Crippen molar-refractivity contribution in [2.24, 2.45) is 0 Å². The molecule has 0 fully saturated rings. The minimum atomic E-state index is -4.88. The number of aliphatic hydroxyl groups excluding tert-OH is 1. The first-order valence-electron chi connectivity index (χ1n) is 7.20. The van der Waals surface area contributed by atoms with Crippen LogP contribution in [-0.4, -0.2) is 11.7 Å².